The van der Waals surface area contributed by atoms with Crippen LogP contribution in [0.3, 0.4) is 0 Å². The molecule has 15 nitrogen and oxygen atoms in total. The van der Waals surface area contributed by atoms with Crippen LogP contribution in [0.2, 0.25) is 0 Å². The van der Waals surface area contributed by atoms with Crippen LogP contribution in [-0.4, -0.2) is 120 Å². The van der Waals surface area contributed by atoms with Gasteiger partial charge in [-0.3, -0.25) is 19.7 Å². The number of phenols is 1. The summed E-state index contributed by atoms with van der Waals surface area (Å²) >= 11 is 0. The first-order chi connectivity index (χ1) is 31.0. The van der Waals surface area contributed by atoms with Crippen molar-refractivity contribution < 1.29 is 51.6 Å². The molecule has 0 spiro atoms. The predicted octanol–water partition coefficient (Wildman–Crippen LogP) is 5.47. The highest BCUT2D eigenvalue weighted by Gasteiger charge is 2.41. The van der Waals surface area contributed by atoms with Gasteiger partial charge in [0.2, 0.25) is 11.8 Å². The zero-order valence-corrected chi connectivity index (χ0v) is 36.4. The lowest BCUT2D eigenvalue weighted by Crippen LogP contribution is -2.53. The van der Waals surface area contributed by atoms with E-state index in [1.54, 1.807) is 47.4 Å². The first-order valence-electron chi connectivity index (χ1n) is 21.5. The fraction of sp³-hybridized carbons (Fsp3) is 0.354. The largest absolute Gasteiger partial charge is 0.508 e. The normalized spacial score (nSPS) is 17.7. The summed E-state index contributed by atoms with van der Waals surface area (Å²) in [5.41, 5.74) is 4.08. The molecule has 3 N–H and O–H groups in total. The maximum atomic E-state index is 13.4. The van der Waals surface area contributed by atoms with Crippen LogP contribution in [0.25, 0.3) is 21.9 Å². The molecule has 0 bridgehead atoms. The van der Waals surface area contributed by atoms with Crippen molar-refractivity contribution in [2.75, 3.05) is 77.0 Å². The molecule has 5 aromatic carbocycles. The molecule has 2 fully saturated rings. The molecule has 16 heteroatoms. The van der Waals surface area contributed by atoms with Crippen molar-refractivity contribution in [3.8, 4) is 34.1 Å². The molecule has 2 atom stereocenters. The number of nitrogens with zero attached hydrogens (tertiary/aromatic N) is 2. The van der Waals surface area contributed by atoms with Gasteiger partial charge in [-0.25, -0.2) is 8.42 Å². The molecule has 3 amide bonds. The van der Waals surface area contributed by atoms with E-state index in [2.05, 4.69) is 15.5 Å². The van der Waals surface area contributed by atoms with Gasteiger partial charge in [-0.1, -0.05) is 24.3 Å². The number of carbonyl (C=O) groups is 3. The van der Waals surface area contributed by atoms with Crippen LogP contribution in [0.1, 0.15) is 35.2 Å². The fourth-order valence-corrected chi connectivity index (χ4v) is 9.01. The summed E-state index contributed by atoms with van der Waals surface area (Å²) in [6, 6.07) is 28.0. The molecule has 5 aromatic rings. The lowest BCUT2D eigenvalue weighted by atomic mass is 9.99. The minimum Gasteiger partial charge on any atom is -0.508 e. The van der Waals surface area contributed by atoms with E-state index in [4.69, 9.17) is 23.7 Å². The Morgan fingerprint density at radius 1 is 0.766 bits per heavy atom. The quantitative estimate of drug-likeness (QED) is 0.0703. The second-order valence-electron chi connectivity index (χ2n) is 15.9. The van der Waals surface area contributed by atoms with Crippen molar-refractivity contribution in [3.63, 3.8) is 0 Å². The third-order valence-corrected chi connectivity index (χ3v) is 12.8. The molecule has 3 heterocycles. The average molecular weight is 893 g/mol. The number of benzene rings is 5. The molecule has 3 aliphatic heterocycles. The molecule has 3 aliphatic rings. The van der Waals surface area contributed by atoms with Crippen LogP contribution >= 0.6 is 0 Å². The number of piperidine rings is 1. The van der Waals surface area contributed by atoms with E-state index < -0.39 is 21.8 Å². The highest BCUT2D eigenvalue weighted by atomic mass is 32.2. The van der Waals surface area contributed by atoms with Gasteiger partial charge >= 0.3 is 0 Å². The Morgan fingerprint density at radius 3 is 2.22 bits per heavy atom. The number of phenolic OH excluding ortho intramolecular Hbond substituents is 1. The molecule has 0 saturated carbocycles. The SMILES string of the molecule is CS(=O)(=O)c1ccc(-c2ccc3cc(O)ccc3c2Oc2ccc(OCCOCCOCCOCCC3CNCCN3c3cccc4c3CN(C3CCC(=O)NC3=O)C4=O)cc2)cc1. The highest BCUT2D eigenvalue weighted by molar-refractivity contribution is 7.90. The molecule has 2 saturated heterocycles. The van der Waals surface area contributed by atoms with Crippen LogP contribution < -0.4 is 25.0 Å². The highest BCUT2D eigenvalue weighted by Crippen LogP contribution is 2.41. The third-order valence-electron chi connectivity index (χ3n) is 11.6. The van der Waals surface area contributed by atoms with Crippen molar-refractivity contribution >= 4 is 44.0 Å². The van der Waals surface area contributed by atoms with Gasteiger partial charge in [-0.05, 0) is 96.6 Å². The average Bonchev–Trinajstić information content (AvgIpc) is 3.62. The summed E-state index contributed by atoms with van der Waals surface area (Å²) in [7, 11) is -3.35. The number of sulfone groups is 1. The molecule has 2 unspecified atom stereocenters. The molecular formula is C48H52N4O11S. The lowest BCUT2D eigenvalue weighted by molar-refractivity contribution is -0.136. The third kappa shape index (κ3) is 10.5. The van der Waals surface area contributed by atoms with Crippen molar-refractivity contribution in [2.24, 2.45) is 0 Å². The first kappa shape index (κ1) is 44.6. The molecular weight excluding hydrogens is 841 g/mol. The number of carbonyl (C=O) groups excluding carboxylic acids is 3. The smallest absolute Gasteiger partial charge is 0.255 e. The Kier molecular flexibility index (Phi) is 14.1. The zero-order chi connectivity index (χ0) is 44.6. The van der Waals surface area contributed by atoms with Gasteiger partial charge in [0.05, 0.1) is 37.9 Å². The second-order valence-corrected chi connectivity index (χ2v) is 18.0. The number of hydrogen-bond donors (Lipinski definition) is 3. The number of nitrogens with one attached hydrogen (secondary N) is 2. The van der Waals surface area contributed by atoms with Crippen LogP contribution in [0, 0.1) is 0 Å². The van der Waals surface area contributed by atoms with Crippen molar-refractivity contribution in [3.05, 3.63) is 108 Å². The summed E-state index contributed by atoms with van der Waals surface area (Å²) in [6.07, 6.45) is 2.51. The second kappa shape index (κ2) is 20.2. The van der Waals surface area contributed by atoms with E-state index in [0.717, 1.165) is 59.2 Å². The van der Waals surface area contributed by atoms with E-state index in [0.29, 0.717) is 82.0 Å². The maximum absolute atomic E-state index is 13.4. The number of rotatable bonds is 19. The van der Waals surface area contributed by atoms with Gasteiger partial charge in [0.25, 0.3) is 5.91 Å². The maximum Gasteiger partial charge on any atom is 0.255 e. The number of fused-ring (bicyclic) bond motifs is 2. The van der Waals surface area contributed by atoms with Crippen LogP contribution in [-0.2, 0) is 40.2 Å². The number of imide groups is 1. The number of amides is 3. The number of ether oxygens (including phenoxy) is 5. The number of piperazine rings is 1. The zero-order valence-electron chi connectivity index (χ0n) is 35.6. The molecule has 8 rings (SSSR count). The van der Waals surface area contributed by atoms with Gasteiger partial charge in [-0.2, -0.15) is 0 Å². The minimum absolute atomic E-state index is 0.138. The van der Waals surface area contributed by atoms with Crippen LogP contribution in [0.15, 0.2) is 102 Å². The monoisotopic (exact) mass is 892 g/mol. The Bertz CT molecular complexity index is 2590. The molecule has 0 aliphatic carbocycles. The fourth-order valence-electron chi connectivity index (χ4n) is 8.38. The number of hydrogen-bond acceptors (Lipinski definition) is 13. The minimum atomic E-state index is -3.35. The van der Waals surface area contributed by atoms with E-state index in [-0.39, 0.29) is 34.9 Å². The number of anilines is 1. The topological polar surface area (TPSA) is 182 Å². The van der Waals surface area contributed by atoms with Crippen molar-refractivity contribution in [1.82, 2.24) is 15.5 Å². The van der Waals surface area contributed by atoms with E-state index in [9.17, 15) is 27.9 Å². The van der Waals surface area contributed by atoms with Gasteiger partial charge in [0.15, 0.2) is 9.84 Å². The summed E-state index contributed by atoms with van der Waals surface area (Å²) in [5, 5.41) is 17.5. The van der Waals surface area contributed by atoms with E-state index in [1.165, 1.54) is 6.26 Å². The molecule has 336 valence electrons. The molecule has 64 heavy (non-hydrogen) atoms. The van der Waals surface area contributed by atoms with Gasteiger partial charge in [0, 0.05) is 79.3 Å². The van der Waals surface area contributed by atoms with Crippen molar-refractivity contribution in [2.45, 2.75) is 42.8 Å². The van der Waals surface area contributed by atoms with Crippen LogP contribution in [0.5, 0.6) is 23.0 Å². The van der Waals surface area contributed by atoms with Gasteiger partial charge in [0.1, 0.15) is 35.6 Å². The van der Waals surface area contributed by atoms with E-state index >= 15 is 0 Å². The number of aromatic hydroxyl groups is 1. The predicted molar refractivity (Wildman–Crippen MR) is 240 cm³/mol. The Labute approximate surface area is 372 Å². The van der Waals surface area contributed by atoms with Gasteiger partial charge in [-0.15, -0.1) is 0 Å². The first-order valence-corrected chi connectivity index (χ1v) is 23.4. The Balaban J connectivity index is 0.731. The van der Waals surface area contributed by atoms with Crippen molar-refractivity contribution in [1.29, 1.82) is 0 Å². The molecule has 0 radical (unpaired) electrons. The summed E-state index contributed by atoms with van der Waals surface area (Å²) in [4.78, 5) is 41.9. The standard InChI is InChI=1S/C48H52N4O11S/c1-64(57,58)38-13-5-32(6-14-38)39-15-7-33-29-35(53)8-16-40(33)46(39)63-37-11-9-36(10-12-37)62-28-27-61-26-25-60-24-23-59-22-19-34-30-49-20-21-51(34)43-4-2-3-41-42(43)31-52(48(41)56)44-17-18-45(54)50-47(44)55/h2-16,29,34,44,49,53H,17-28,30-31H2,1H3,(H,50,54,55). The summed E-state index contributed by atoms with van der Waals surface area (Å²) in [6.45, 7) is 5.68. The summed E-state index contributed by atoms with van der Waals surface area (Å²) < 4.78 is 53.7. The Hall–Kier alpha value is -6.04. The lowest BCUT2D eigenvalue weighted by Gasteiger charge is -2.39. The van der Waals surface area contributed by atoms with E-state index in [1.807, 2.05) is 54.6 Å². The van der Waals surface area contributed by atoms with Gasteiger partial charge < -0.3 is 43.9 Å². The van der Waals surface area contributed by atoms with Crippen LogP contribution in [0.4, 0.5) is 5.69 Å². The Morgan fingerprint density at radius 2 is 1.48 bits per heavy atom. The summed E-state index contributed by atoms with van der Waals surface area (Å²) in [5.74, 6) is 1.04. The molecule has 0 aromatic heterocycles.